The molecule has 0 bridgehead atoms. The van der Waals surface area contributed by atoms with Crippen molar-refractivity contribution in [2.75, 3.05) is 14.1 Å². The van der Waals surface area contributed by atoms with Crippen molar-refractivity contribution in [1.82, 2.24) is 10.4 Å². The SMILES string of the molecule is CN(C)NCc1c(O)cccc1Cl. The average Bonchev–Trinajstić information content (AvgIpc) is 2.03. The lowest BCUT2D eigenvalue weighted by molar-refractivity contribution is 0.283. The van der Waals surface area contributed by atoms with Gasteiger partial charge in [0.15, 0.2) is 0 Å². The van der Waals surface area contributed by atoms with Crippen molar-refractivity contribution in [2.24, 2.45) is 0 Å². The first kappa shape index (κ1) is 10.3. The Kier molecular flexibility index (Phi) is 3.54. The summed E-state index contributed by atoms with van der Waals surface area (Å²) in [6.45, 7) is 0.526. The maximum absolute atomic E-state index is 9.46. The third-order valence-electron chi connectivity index (χ3n) is 1.67. The van der Waals surface area contributed by atoms with Gasteiger partial charge in [-0.3, -0.25) is 10.4 Å². The standard InChI is InChI=1S/C9H13ClN2O/c1-12(2)11-6-7-8(10)4-3-5-9(7)13/h3-5,11,13H,6H2,1-2H3. The molecule has 0 fully saturated rings. The molecule has 0 unspecified atom stereocenters. The smallest absolute Gasteiger partial charge is 0.121 e. The van der Waals surface area contributed by atoms with Crippen LogP contribution in [0.2, 0.25) is 5.02 Å². The zero-order chi connectivity index (χ0) is 9.84. The van der Waals surface area contributed by atoms with Gasteiger partial charge in [0.25, 0.3) is 0 Å². The largest absolute Gasteiger partial charge is 0.508 e. The molecule has 1 aromatic rings. The van der Waals surface area contributed by atoms with Crippen LogP contribution in [0.4, 0.5) is 0 Å². The third kappa shape index (κ3) is 2.88. The van der Waals surface area contributed by atoms with Crippen LogP contribution in [0.3, 0.4) is 0 Å². The van der Waals surface area contributed by atoms with Gasteiger partial charge < -0.3 is 5.11 Å². The number of halogens is 1. The first-order chi connectivity index (χ1) is 6.11. The molecular weight excluding hydrogens is 188 g/mol. The quantitative estimate of drug-likeness (QED) is 0.728. The Balaban J connectivity index is 2.75. The first-order valence-corrected chi connectivity index (χ1v) is 4.36. The highest BCUT2D eigenvalue weighted by molar-refractivity contribution is 6.31. The maximum atomic E-state index is 9.46. The lowest BCUT2D eigenvalue weighted by Crippen LogP contribution is -2.29. The molecule has 0 spiro atoms. The normalized spacial score (nSPS) is 10.8. The molecule has 0 saturated carbocycles. The summed E-state index contributed by atoms with van der Waals surface area (Å²) in [7, 11) is 3.77. The summed E-state index contributed by atoms with van der Waals surface area (Å²) in [5.74, 6) is 0.224. The van der Waals surface area contributed by atoms with Gasteiger partial charge in [-0.1, -0.05) is 17.7 Å². The first-order valence-electron chi connectivity index (χ1n) is 3.98. The van der Waals surface area contributed by atoms with Crippen LogP contribution in [0.15, 0.2) is 18.2 Å². The number of nitrogens with one attached hydrogen (secondary N) is 1. The van der Waals surface area contributed by atoms with Gasteiger partial charge in [-0.15, -0.1) is 0 Å². The average molecular weight is 201 g/mol. The molecule has 0 heterocycles. The van der Waals surface area contributed by atoms with Crippen LogP contribution in [0.5, 0.6) is 5.75 Å². The van der Waals surface area contributed by atoms with E-state index in [1.807, 2.05) is 19.1 Å². The number of phenolic OH excluding ortho intramolecular Hbond substituents is 1. The molecule has 0 aliphatic carbocycles. The zero-order valence-corrected chi connectivity index (χ0v) is 8.47. The highest BCUT2D eigenvalue weighted by Gasteiger charge is 2.04. The van der Waals surface area contributed by atoms with Crippen LogP contribution < -0.4 is 5.43 Å². The number of hydrazine groups is 1. The van der Waals surface area contributed by atoms with E-state index in [4.69, 9.17) is 11.6 Å². The fourth-order valence-corrected chi connectivity index (χ4v) is 1.20. The topological polar surface area (TPSA) is 35.5 Å². The number of benzene rings is 1. The van der Waals surface area contributed by atoms with E-state index in [2.05, 4.69) is 5.43 Å². The Labute approximate surface area is 82.9 Å². The number of nitrogens with zero attached hydrogens (tertiary/aromatic N) is 1. The van der Waals surface area contributed by atoms with E-state index in [-0.39, 0.29) is 5.75 Å². The van der Waals surface area contributed by atoms with Gasteiger partial charge in [-0.05, 0) is 12.1 Å². The lowest BCUT2D eigenvalue weighted by Gasteiger charge is -2.13. The Morgan fingerprint density at radius 3 is 2.69 bits per heavy atom. The predicted octanol–water partition coefficient (Wildman–Crippen LogP) is 1.61. The lowest BCUT2D eigenvalue weighted by atomic mass is 10.2. The van der Waals surface area contributed by atoms with Gasteiger partial charge in [0.05, 0.1) is 0 Å². The summed E-state index contributed by atoms with van der Waals surface area (Å²) in [4.78, 5) is 0. The third-order valence-corrected chi connectivity index (χ3v) is 2.02. The Morgan fingerprint density at radius 2 is 2.15 bits per heavy atom. The summed E-state index contributed by atoms with van der Waals surface area (Å²) >= 11 is 5.89. The molecule has 0 aromatic heterocycles. The minimum Gasteiger partial charge on any atom is -0.508 e. The molecule has 72 valence electrons. The van der Waals surface area contributed by atoms with Crippen LogP contribution in [-0.4, -0.2) is 24.2 Å². The Bertz CT molecular complexity index is 269. The van der Waals surface area contributed by atoms with E-state index < -0.39 is 0 Å². The van der Waals surface area contributed by atoms with Crippen LogP contribution >= 0.6 is 11.6 Å². The van der Waals surface area contributed by atoms with Crippen molar-refractivity contribution >= 4 is 11.6 Å². The molecule has 13 heavy (non-hydrogen) atoms. The second-order valence-corrected chi connectivity index (χ2v) is 3.37. The zero-order valence-electron chi connectivity index (χ0n) is 7.71. The molecule has 0 radical (unpaired) electrons. The number of hydrogen-bond donors (Lipinski definition) is 2. The fourth-order valence-electron chi connectivity index (χ4n) is 0.959. The van der Waals surface area contributed by atoms with Crippen molar-refractivity contribution in [2.45, 2.75) is 6.54 Å². The highest BCUT2D eigenvalue weighted by Crippen LogP contribution is 2.24. The van der Waals surface area contributed by atoms with Gasteiger partial charge in [-0.25, -0.2) is 0 Å². The number of rotatable bonds is 3. The van der Waals surface area contributed by atoms with E-state index in [9.17, 15) is 5.11 Å². The second-order valence-electron chi connectivity index (χ2n) is 2.97. The molecule has 0 amide bonds. The van der Waals surface area contributed by atoms with Crippen LogP contribution in [0.1, 0.15) is 5.56 Å². The number of phenols is 1. The van der Waals surface area contributed by atoms with Gasteiger partial charge in [-0.2, -0.15) is 0 Å². The van der Waals surface area contributed by atoms with Gasteiger partial charge in [0.2, 0.25) is 0 Å². The van der Waals surface area contributed by atoms with Crippen molar-refractivity contribution in [3.63, 3.8) is 0 Å². The molecule has 0 aliphatic rings. The van der Waals surface area contributed by atoms with E-state index >= 15 is 0 Å². The molecule has 3 nitrogen and oxygen atoms in total. The molecule has 2 N–H and O–H groups in total. The molecule has 1 aromatic carbocycles. The molecule has 0 saturated heterocycles. The molecule has 0 aliphatic heterocycles. The summed E-state index contributed by atoms with van der Waals surface area (Å²) in [5, 5.41) is 11.8. The minimum atomic E-state index is 0.224. The molecular formula is C9H13ClN2O. The summed E-state index contributed by atoms with van der Waals surface area (Å²) < 4.78 is 0. The number of hydrogen-bond acceptors (Lipinski definition) is 3. The Hall–Kier alpha value is -0.770. The molecule has 4 heteroatoms. The monoisotopic (exact) mass is 200 g/mol. The second kappa shape index (κ2) is 4.46. The maximum Gasteiger partial charge on any atom is 0.121 e. The van der Waals surface area contributed by atoms with E-state index in [0.717, 1.165) is 5.56 Å². The molecule has 1 rings (SSSR count). The Morgan fingerprint density at radius 1 is 1.46 bits per heavy atom. The van der Waals surface area contributed by atoms with Gasteiger partial charge >= 0.3 is 0 Å². The minimum absolute atomic E-state index is 0.224. The van der Waals surface area contributed by atoms with Crippen molar-refractivity contribution in [3.05, 3.63) is 28.8 Å². The van der Waals surface area contributed by atoms with Crippen LogP contribution in [0.25, 0.3) is 0 Å². The molecule has 0 atom stereocenters. The van der Waals surface area contributed by atoms with E-state index in [0.29, 0.717) is 11.6 Å². The summed E-state index contributed by atoms with van der Waals surface area (Å²) in [6, 6.07) is 5.10. The van der Waals surface area contributed by atoms with Crippen molar-refractivity contribution in [3.8, 4) is 5.75 Å². The predicted molar refractivity (Wildman–Crippen MR) is 53.6 cm³/mol. The van der Waals surface area contributed by atoms with Crippen LogP contribution in [0, 0.1) is 0 Å². The van der Waals surface area contributed by atoms with Gasteiger partial charge in [0, 0.05) is 31.2 Å². The van der Waals surface area contributed by atoms with Crippen molar-refractivity contribution < 1.29 is 5.11 Å². The van der Waals surface area contributed by atoms with Crippen LogP contribution in [-0.2, 0) is 6.54 Å². The van der Waals surface area contributed by atoms with E-state index in [1.54, 1.807) is 18.2 Å². The summed E-state index contributed by atoms with van der Waals surface area (Å²) in [6.07, 6.45) is 0. The van der Waals surface area contributed by atoms with Gasteiger partial charge in [0.1, 0.15) is 5.75 Å². The summed E-state index contributed by atoms with van der Waals surface area (Å²) in [5.41, 5.74) is 3.75. The number of aromatic hydroxyl groups is 1. The fraction of sp³-hybridized carbons (Fsp3) is 0.333. The van der Waals surface area contributed by atoms with Crippen molar-refractivity contribution in [1.29, 1.82) is 0 Å². The van der Waals surface area contributed by atoms with E-state index in [1.165, 1.54) is 0 Å². The highest BCUT2D eigenvalue weighted by atomic mass is 35.5.